The van der Waals surface area contributed by atoms with Gasteiger partial charge in [-0.1, -0.05) is 11.8 Å². The van der Waals surface area contributed by atoms with Gasteiger partial charge in [0.05, 0.1) is 10.6 Å². The monoisotopic (exact) mass is 433 g/mol. The molecule has 0 aliphatic heterocycles. The summed E-state index contributed by atoms with van der Waals surface area (Å²) in [5, 5.41) is 0.351. The number of aromatic nitrogens is 2. The van der Waals surface area contributed by atoms with E-state index in [1.165, 1.54) is 50.8 Å². The molecule has 1 aliphatic carbocycles. The number of benzene rings is 1. The molecule has 1 aliphatic rings. The second-order valence-corrected chi connectivity index (χ2v) is 10.6. The number of aryl methyl sites for hydroxylation is 1. The first-order chi connectivity index (χ1) is 13.7. The van der Waals surface area contributed by atoms with Crippen LogP contribution in [0.2, 0.25) is 0 Å². The van der Waals surface area contributed by atoms with Crippen molar-refractivity contribution in [3.63, 3.8) is 0 Å². The third-order valence-electron chi connectivity index (χ3n) is 5.14. The first-order valence-corrected chi connectivity index (χ1v) is 11.8. The van der Waals surface area contributed by atoms with E-state index < -0.39 is 10.0 Å². The third-order valence-corrected chi connectivity index (χ3v) is 7.78. The van der Waals surface area contributed by atoms with Crippen molar-refractivity contribution >= 4 is 38.7 Å². The molecule has 9 heteroatoms. The summed E-state index contributed by atoms with van der Waals surface area (Å²) in [5.41, 5.74) is 3.83. The molecule has 2 aromatic heterocycles. The van der Waals surface area contributed by atoms with Crippen LogP contribution in [-0.2, 0) is 10.0 Å². The maximum absolute atomic E-state index is 12.7. The molecular formula is C20H23N3O4S2. The van der Waals surface area contributed by atoms with Crippen molar-refractivity contribution < 1.29 is 17.6 Å². The summed E-state index contributed by atoms with van der Waals surface area (Å²) < 4.78 is 33.7. The number of ketones is 1. The first kappa shape index (κ1) is 20.2. The van der Waals surface area contributed by atoms with Gasteiger partial charge in [0.25, 0.3) is 5.22 Å². The van der Waals surface area contributed by atoms with Gasteiger partial charge in [0.1, 0.15) is 5.52 Å². The fraction of sp³-hybridized carbons (Fsp3) is 0.400. The maximum Gasteiger partial charge on any atom is 0.257 e. The van der Waals surface area contributed by atoms with Crippen LogP contribution in [0.3, 0.4) is 0 Å². The molecule has 7 nitrogen and oxygen atoms in total. The quantitative estimate of drug-likeness (QED) is 0.416. The van der Waals surface area contributed by atoms with Gasteiger partial charge in [-0.3, -0.25) is 4.79 Å². The number of carbonyl (C=O) groups excluding carboxylic acids is 1. The van der Waals surface area contributed by atoms with E-state index >= 15 is 0 Å². The molecule has 1 saturated carbocycles. The Morgan fingerprint density at radius 3 is 2.66 bits per heavy atom. The second kappa shape index (κ2) is 7.30. The van der Waals surface area contributed by atoms with Crippen LogP contribution in [-0.4, -0.2) is 47.9 Å². The van der Waals surface area contributed by atoms with Gasteiger partial charge in [0.15, 0.2) is 11.4 Å². The first-order valence-electron chi connectivity index (χ1n) is 9.36. The normalized spacial score (nSPS) is 14.8. The molecule has 0 saturated heterocycles. The maximum atomic E-state index is 12.7. The van der Waals surface area contributed by atoms with Gasteiger partial charge in [-0.25, -0.2) is 17.7 Å². The van der Waals surface area contributed by atoms with E-state index in [2.05, 4.69) is 9.55 Å². The summed E-state index contributed by atoms with van der Waals surface area (Å²) in [6.45, 7) is 4.03. The molecule has 2 heterocycles. The largest absolute Gasteiger partial charge is 0.431 e. The number of hydrogen-bond donors (Lipinski definition) is 0. The Balaban J connectivity index is 1.51. The molecule has 154 valence electrons. The molecule has 29 heavy (non-hydrogen) atoms. The molecule has 0 amide bonds. The van der Waals surface area contributed by atoms with Gasteiger partial charge in [-0.15, -0.1) is 0 Å². The van der Waals surface area contributed by atoms with Gasteiger partial charge in [-0.05, 0) is 51.0 Å². The van der Waals surface area contributed by atoms with E-state index in [9.17, 15) is 13.2 Å². The van der Waals surface area contributed by atoms with E-state index in [-0.39, 0.29) is 16.4 Å². The lowest BCUT2D eigenvalue weighted by atomic mass is 10.2. The SMILES string of the molecule is Cc1cc(C(=O)CSc2nc3cc(S(=O)(=O)N(C)C)ccc3o2)c(C)n1C1CC1. The van der Waals surface area contributed by atoms with Crippen molar-refractivity contribution in [1.82, 2.24) is 13.9 Å². The van der Waals surface area contributed by atoms with Crippen molar-refractivity contribution in [2.45, 2.75) is 42.8 Å². The van der Waals surface area contributed by atoms with Crippen LogP contribution in [0.1, 0.15) is 40.6 Å². The molecule has 4 rings (SSSR count). The van der Waals surface area contributed by atoms with Gasteiger partial charge < -0.3 is 8.98 Å². The average molecular weight is 434 g/mol. The fourth-order valence-corrected chi connectivity index (χ4v) is 5.12. The smallest absolute Gasteiger partial charge is 0.257 e. The Morgan fingerprint density at radius 1 is 1.28 bits per heavy atom. The number of oxazole rings is 1. The van der Waals surface area contributed by atoms with E-state index in [4.69, 9.17) is 4.42 Å². The lowest BCUT2D eigenvalue weighted by Gasteiger charge is -2.10. The number of hydrogen-bond acceptors (Lipinski definition) is 6. The molecule has 0 unspecified atom stereocenters. The number of rotatable bonds is 7. The molecule has 0 radical (unpaired) electrons. The van der Waals surface area contributed by atoms with E-state index in [1.807, 2.05) is 19.9 Å². The highest BCUT2D eigenvalue weighted by molar-refractivity contribution is 7.99. The van der Waals surface area contributed by atoms with Crippen molar-refractivity contribution in [3.05, 3.63) is 41.2 Å². The number of nitrogens with zero attached hydrogens (tertiary/aromatic N) is 3. The summed E-state index contributed by atoms with van der Waals surface area (Å²) in [6.07, 6.45) is 2.35. The number of fused-ring (bicyclic) bond motifs is 1. The second-order valence-electron chi connectivity index (χ2n) is 7.49. The van der Waals surface area contributed by atoms with Gasteiger partial charge in [0.2, 0.25) is 10.0 Å². The van der Waals surface area contributed by atoms with E-state index in [0.29, 0.717) is 22.4 Å². The Kier molecular flexibility index (Phi) is 5.08. The standard InChI is InChI=1S/C20H23N3O4S2/c1-12-9-16(13(2)23(12)14-5-6-14)18(24)11-28-20-21-17-10-15(7-8-19(17)27-20)29(25,26)22(3)4/h7-10,14H,5-6,11H2,1-4H3. The van der Waals surface area contributed by atoms with Crippen LogP contribution in [0.25, 0.3) is 11.1 Å². The van der Waals surface area contributed by atoms with Crippen LogP contribution in [0.4, 0.5) is 0 Å². The predicted molar refractivity (Wildman–Crippen MR) is 112 cm³/mol. The highest BCUT2D eigenvalue weighted by Gasteiger charge is 2.28. The lowest BCUT2D eigenvalue weighted by molar-refractivity contribution is 0.102. The lowest BCUT2D eigenvalue weighted by Crippen LogP contribution is -2.22. The number of Topliss-reactive ketones (excluding diaryl/α,β-unsaturated/α-hetero) is 1. The zero-order chi connectivity index (χ0) is 20.9. The Hall–Kier alpha value is -2.10. The molecule has 1 fully saturated rings. The molecule has 0 atom stereocenters. The van der Waals surface area contributed by atoms with Crippen molar-refractivity contribution in [3.8, 4) is 0 Å². The topological polar surface area (TPSA) is 85.4 Å². The Bertz CT molecular complexity index is 1200. The summed E-state index contributed by atoms with van der Waals surface area (Å²) >= 11 is 1.22. The minimum absolute atomic E-state index is 0.0353. The zero-order valence-corrected chi connectivity index (χ0v) is 18.4. The van der Waals surface area contributed by atoms with Crippen molar-refractivity contribution in [1.29, 1.82) is 0 Å². The number of thioether (sulfide) groups is 1. The highest BCUT2D eigenvalue weighted by atomic mass is 32.2. The van der Waals surface area contributed by atoms with Gasteiger partial charge in [0, 0.05) is 37.1 Å². The van der Waals surface area contributed by atoms with Crippen LogP contribution < -0.4 is 0 Å². The van der Waals surface area contributed by atoms with Gasteiger partial charge >= 0.3 is 0 Å². The molecule has 0 bridgehead atoms. The zero-order valence-electron chi connectivity index (χ0n) is 16.8. The van der Waals surface area contributed by atoms with E-state index in [1.54, 1.807) is 6.07 Å². The van der Waals surface area contributed by atoms with Crippen LogP contribution >= 0.6 is 11.8 Å². The van der Waals surface area contributed by atoms with Crippen molar-refractivity contribution in [2.24, 2.45) is 0 Å². The minimum Gasteiger partial charge on any atom is -0.431 e. The van der Waals surface area contributed by atoms with Crippen molar-refractivity contribution in [2.75, 3.05) is 19.8 Å². The molecule has 0 N–H and O–H groups in total. The number of sulfonamides is 1. The average Bonchev–Trinajstić information content (AvgIpc) is 3.33. The number of carbonyl (C=O) groups is 1. The molecule has 0 spiro atoms. The van der Waals surface area contributed by atoms with Gasteiger partial charge in [-0.2, -0.15) is 0 Å². The molecular weight excluding hydrogens is 410 g/mol. The summed E-state index contributed by atoms with van der Waals surface area (Å²) in [4.78, 5) is 17.2. The third kappa shape index (κ3) is 3.74. The summed E-state index contributed by atoms with van der Waals surface area (Å²) in [6, 6.07) is 7.07. The Labute approximate surface area is 174 Å². The molecule has 1 aromatic carbocycles. The fourth-order valence-electron chi connectivity index (χ4n) is 3.48. The Morgan fingerprint density at radius 2 is 2.00 bits per heavy atom. The summed E-state index contributed by atoms with van der Waals surface area (Å²) in [7, 11) is -0.578. The van der Waals surface area contributed by atoms with E-state index in [0.717, 1.165) is 21.3 Å². The van der Waals surface area contributed by atoms with Crippen LogP contribution in [0.5, 0.6) is 0 Å². The summed E-state index contributed by atoms with van der Waals surface area (Å²) in [5.74, 6) is 0.248. The van der Waals surface area contributed by atoms with Crippen LogP contribution in [0.15, 0.2) is 38.8 Å². The highest BCUT2D eigenvalue weighted by Crippen LogP contribution is 2.38. The predicted octanol–water partition coefficient (Wildman–Crippen LogP) is 3.81. The molecule has 3 aromatic rings. The van der Waals surface area contributed by atoms with Crippen LogP contribution in [0, 0.1) is 13.8 Å². The minimum atomic E-state index is -3.54.